The lowest BCUT2D eigenvalue weighted by Gasteiger charge is -2.45. The van der Waals surface area contributed by atoms with Crippen molar-refractivity contribution in [2.45, 2.75) is 83.6 Å². The van der Waals surface area contributed by atoms with Crippen molar-refractivity contribution in [3.8, 4) is 0 Å². The molecule has 0 unspecified atom stereocenters. The second kappa shape index (κ2) is 10.2. The van der Waals surface area contributed by atoms with E-state index in [2.05, 4.69) is 50.4 Å². The smallest absolute Gasteiger partial charge is 0.407 e. The number of carbonyl (C=O) groups is 1. The molecule has 1 saturated carbocycles. The average Bonchev–Trinajstić information content (AvgIpc) is 3.13. The van der Waals surface area contributed by atoms with Gasteiger partial charge in [0.25, 0.3) is 8.32 Å². The van der Waals surface area contributed by atoms with E-state index in [1.165, 1.54) is 0 Å². The predicted molar refractivity (Wildman–Crippen MR) is 134 cm³/mol. The molecule has 0 aliphatic heterocycles. The van der Waals surface area contributed by atoms with Gasteiger partial charge >= 0.3 is 6.09 Å². The molecule has 0 aromatic heterocycles. The highest BCUT2D eigenvalue weighted by Gasteiger charge is 2.54. The third-order valence-electron chi connectivity index (χ3n) is 6.34. The SMILES string of the molecule is CC(C)(C)OC(=O)N[C@@H]1C[C@@H](C(F)F)C[C@H]1O[Si](c1ccccc1)(c1ccccc1)C(C)(C)C. The lowest BCUT2D eigenvalue weighted by Crippen LogP contribution is -2.68. The molecule has 0 bridgehead atoms. The van der Waals surface area contributed by atoms with Crippen molar-refractivity contribution in [3.05, 3.63) is 60.7 Å². The van der Waals surface area contributed by atoms with Crippen LogP contribution in [0.2, 0.25) is 5.04 Å². The van der Waals surface area contributed by atoms with E-state index in [4.69, 9.17) is 9.16 Å². The minimum Gasteiger partial charge on any atom is -0.444 e. The van der Waals surface area contributed by atoms with E-state index in [0.29, 0.717) is 0 Å². The van der Waals surface area contributed by atoms with Gasteiger partial charge in [-0.25, -0.2) is 13.6 Å². The van der Waals surface area contributed by atoms with Crippen LogP contribution in [0.5, 0.6) is 0 Å². The molecule has 2 aromatic rings. The fourth-order valence-corrected chi connectivity index (χ4v) is 9.63. The van der Waals surface area contributed by atoms with E-state index < -0.39 is 44.5 Å². The Hall–Kier alpha value is -2.25. The van der Waals surface area contributed by atoms with Gasteiger partial charge in [-0.2, -0.15) is 0 Å². The van der Waals surface area contributed by atoms with Crippen LogP contribution in [0.15, 0.2) is 60.7 Å². The Morgan fingerprint density at radius 1 is 0.912 bits per heavy atom. The standard InChI is InChI=1S/C27H37F2NO3Si/c1-26(2,3)32-25(31)30-22-17-19(24(28)29)18-23(22)33-34(27(4,5)6,20-13-9-7-10-14-20)21-15-11-8-12-16-21/h7-16,19,22-24H,17-18H2,1-6H3,(H,30,31)/t19-,22-,23-/m1/s1. The van der Waals surface area contributed by atoms with Crippen molar-refractivity contribution in [2.75, 3.05) is 0 Å². The lowest BCUT2D eigenvalue weighted by molar-refractivity contribution is 0.0458. The number of amides is 1. The van der Waals surface area contributed by atoms with Gasteiger partial charge in [-0.1, -0.05) is 81.4 Å². The molecule has 3 rings (SSSR count). The maximum Gasteiger partial charge on any atom is 0.407 e. The summed E-state index contributed by atoms with van der Waals surface area (Å²) in [6.45, 7) is 11.8. The van der Waals surface area contributed by atoms with Crippen molar-refractivity contribution in [1.29, 1.82) is 0 Å². The summed E-state index contributed by atoms with van der Waals surface area (Å²) in [5.41, 5.74) is -0.681. The van der Waals surface area contributed by atoms with Crippen molar-refractivity contribution in [2.24, 2.45) is 5.92 Å². The summed E-state index contributed by atoms with van der Waals surface area (Å²) in [4.78, 5) is 12.6. The molecule has 186 valence electrons. The van der Waals surface area contributed by atoms with Gasteiger partial charge in [0.2, 0.25) is 6.43 Å². The Balaban J connectivity index is 2.05. The van der Waals surface area contributed by atoms with Crippen LogP contribution < -0.4 is 15.7 Å². The zero-order valence-corrected chi connectivity index (χ0v) is 22.0. The van der Waals surface area contributed by atoms with Crippen LogP contribution in [-0.2, 0) is 9.16 Å². The first kappa shape index (κ1) is 26.4. The molecule has 1 fully saturated rings. The highest BCUT2D eigenvalue weighted by molar-refractivity contribution is 6.99. The number of alkyl halides is 2. The van der Waals surface area contributed by atoms with E-state index in [-0.39, 0.29) is 17.9 Å². The van der Waals surface area contributed by atoms with Crippen molar-refractivity contribution >= 4 is 24.8 Å². The average molecular weight is 490 g/mol. The summed E-state index contributed by atoms with van der Waals surface area (Å²) in [6.07, 6.45) is -3.31. The Bertz CT molecular complexity index is 902. The minimum atomic E-state index is -2.96. The fraction of sp³-hybridized carbons (Fsp3) is 0.519. The van der Waals surface area contributed by atoms with Crippen molar-refractivity contribution in [1.82, 2.24) is 5.32 Å². The molecule has 1 N–H and O–H groups in total. The van der Waals surface area contributed by atoms with E-state index in [0.717, 1.165) is 10.4 Å². The molecule has 7 heteroatoms. The van der Waals surface area contributed by atoms with E-state index in [1.807, 2.05) is 36.4 Å². The van der Waals surface area contributed by atoms with Gasteiger partial charge in [-0.3, -0.25) is 0 Å². The largest absolute Gasteiger partial charge is 0.444 e. The molecule has 0 radical (unpaired) electrons. The Morgan fingerprint density at radius 3 is 1.82 bits per heavy atom. The lowest BCUT2D eigenvalue weighted by atomic mass is 10.1. The zero-order chi connectivity index (χ0) is 25.1. The summed E-state index contributed by atoms with van der Waals surface area (Å²) in [5.74, 6) is -0.844. The molecule has 3 atom stereocenters. The third-order valence-corrected chi connectivity index (χ3v) is 11.4. The van der Waals surface area contributed by atoms with Crippen LogP contribution in [0.4, 0.5) is 13.6 Å². The molecule has 2 aromatic carbocycles. The third kappa shape index (κ3) is 5.86. The molecule has 1 amide bonds. The number of halogens is 2. The first-order valence-electron chi connectivity index (χ1n) is 11.9. The first-order valence-corrected chi connectivity index (χ1v) is 13.8. The molecule has 1 aliphatic carbocycles. The van der Waals surface area contributed by atoms with Crippen LogP contribution in [-0.4, -0.2) is 38.6 Å². The molecule has 4 nitrogen and oxygen atoms in total. The minimum absolute atomic E-state index is 0.153. The Labute approximate surface area is 203 Å². The highest BCUT2D eigenvalue weighted by atomic mass is 28.4. The number of ether oxygens (including phenoxy) is 1. The van der Waals surface area contributed by atoms with Crippen LogP contribution in [0.1, 0.15) is 54.4 Å². The number of benzene rings is 2. The summed E-state index contributed by atoms with van der Waals surface area (Å²) in [5, 5.41) is 4.70. The van der Waals surface area contributed by atoms with Crippen LogP contribution in [0.3, 0.4) is 0 Å². The number of alkyl carbamates (subject to hydrolysis) is 1. The maximum atomic E-state index is 13.8. The Kier molecular flexibility index (Phi) is 7.88. The second-order valence-electron chi connectivity index (χ2n) is 11.1. The number of hydrogen-bond donors (Lipinski definition) is 1. The number of nitrogens with one attached hydrogen (secondary N) is 1. The molecule has 0 spiro atoms. The summed E-state index contributed by atoms with van der Waals surface area (Å²) in [7, 11) is -2.96. The van der Waals surface area contributed by atoms with Gasteiger partial charge in [0.05, 0.1) is 12.1 Å². The molecular weight excluding hydrogens is 452 g/mol. The number of hydrogen-bond acceptors (Lipinski definition) is 3. The van der Waals surface area contributed by atoms with Crippen molar-refractivity contribution in [3.63, 3.8) is 0 Å². The van der Waals surface area contributed by atoms with Crippen LogP contribution in [0.25, 0.3) is 0 Å². The number of carbonyl (C=O) groups excluding carboxylic acids is 1. The van der Waals surface area contributed by atoms with Gasteiger partial charge in [-0.05, 0) is 49.0 Å². The normalized spacial score (nSPS) is 21.5. The quantitative estimate of drug-likeness (QED) is 0.545. The van der Waals surface area contributed by atoms with Crippen molar-refractivity contribution < 1.29 is 22.7 Å². The number of rotatable bonds is 6. The highest BCUT2D eigenvalue weighted by Crippen LogP contribution is 2.41. The summed E-state index contributed by atoms with van der Waals surface area (Å²) < 4.78 is 40.2. The van der Waals surface area contributed by atoms with Gasteiger partial charge in [0.1, 0.15) is 5.60 Å². The van der Waals surface area contributed by atoms with Gasteiger partial charge in [0.15, 0.2) is 0 Å². The molecule has 34 heavy (non-hydrogen) atoms. The van der Waals surface area contributed by atoms with Crippen LogP contribution in [0, 0.1) is 5.92 Å². The predicted octanol–water partition coefficient (Wildman–Crippen LogP) is 5.50. The first-order chi connectivity index (χ1) is 15.8. The molecule has 0 saturated heterocycles. The maximum absolute atomic E-state index is 13.8. The van der Waals surface area contributed by atoms with Gasteiger partial charge < -0.3 is 14.5 Å². The van der Waals surface area contributed by atoms with E-state index >= 15 is 0 Å². The summed E-state index contributed by atoms with van der Waals surface area (Å²) >= 11 is 0. The topological polar surface area (TPSA) is 47.6 Å². The van der Waals surface area contributed by atoms with Crippen LogP contribution >= 0.6 is 0 Å². The molecule has 1 aliphatic rings. The Morgan fingerprint density at radius 2 is 1.41 bits per heavy atom. The fourth-order valence-electron chi connectivity index (χ4n) is 4.90. The molecule has 0 heterocycles. The second-order valence-corrected chi connectivity index (χ2v) is 15.4. The zero-order valence-electron chi connectivity index (χ0n) is 21.0. The van der Waals surface area contributed by atoms with E-state index in [9.17, 15) is 13.6 Å². The van der Waals surface area contributed by atoms with E-state index in [1.54, 1.807) is 20.8 Å². The van der Waals surface area contributed by atoms with Gasteiger partial charge in [0, 0.05) is 5.92 Å². The summed E-state index contributed by atoms with van der Waals surface area (Å²) in [6, 6.07) is 19.6. The monoisotopic (exact) mass is 489 g/mol. The van der Waals surface area contributed by atoms with Gasteiger partial charge in [-0.15, -0.1) is 0 Å². The molecular formula is C27H37F2NO3Si.